The summed E-state index contributed by atoms with van der Waals surface area (Å²) in [5.41, 5.74) is 2.69. The number of amides is 1. The van der Waals surface area contributed by atoms with Crippen molar-refractivity contribution in [1.29, 1.82) is 0 Å². The Morgan fingerprint density at radius 1 is 1.21 bits per heavy atom. The van der Waals surface area contributed by atoms with Crippen LogP contribution in [0.1, 0.15) is 62.5 Å². The van der Waals surface area contributed by atoms with Gasteiger partial charge < -0.3 is 10.0 Å². The number of carbonyl (C=O) groups excluding carboxylic acids is 1. The summed E-state index contributed by atoms with van der Waals surface area (Å²) in [5.74, 6) is -1.43. The molecule has 1 unspecified atom stereocenters. The second kappa shape index (κ2) is 10.1. The predicted octanol–water partition coefficient (Wildman–Crippen LogP) is 6.40. The number of imidazole rings is 1. The fraction of sp³-hybridized carbons (Fsp3) is 0.320. The quantitative estimate of drug-likeness (QED) is 0.355. The van der Waals surface area contributed by atoms with Crippen molar-refractivity contribution in [3.63, 3.8) is 0 Å². The number of benzene rings is 2. The van der Waals surface area contributed by atoms with Gasteiger partial charge in [0.2, 0.25) is 5.91 Å². The molecule has 0 aliphatic rings. The van der Waals surface area contributed by atoms with Gasteiger partial charge in [-0.2, -0.15) is 0 Å². The molecule has 2 heterocycles. The number of aromatic nitrogens is 2. The highest BCUT2D eigenvalue weighted by Gasteiger charge is 2.21. The molecule has 2 aromatic heterocycles. The lowest BCUT2D eigenvalue weighted by Crippen LogP contribution is -2.29. The number of carbonyl (C=O) groups is 2. The van der Waals surface area contributed by atoms with E-state index in [4.69, 9.17) is 0 Å². The topological polar surface area (TPSA) is 74.9 Å². The summed E-state index contributed by atoms with van der Waals surface area (Å²) in [4.78, 5) is 29.9. The van der Waals surface area contributed by atoms with Gasteiger partial charge >= 0.3 is 5.97 Å². The third-order valence-corrected chi connectivity index (χ3v) is 6.54. The van der Waals surface area contributed by atoms with Crippen LogP contribution in [0.3, 0.4) is 0 Å². The normalized spacial score (nSPS) is 11.8. The van der Waals surface area contributed by atoms with Crippen molar-refractivity contribution in [1.82, 2.24) is 14.3 Å². The van der Waals surface area contributed by atoms with Crippen molar-refractivity contribution >= 4 is 38.4 Å². The van der Waals surface area contributed by atoms with E-state index in [2.05, 4.69) is 4.98 Å². The zero-order valence-corrected chi connectivity index (χ0v) is 20.2. The van der Waals surface area contributed by atoms with Crippen molar-refractivity contribution in [2.75, 3.05) is 7.05 Å². The molecule has 6 nitrogen and oxygen atoms in total. The summed E-state index contributed by atoms with van der Waals surface area (Å²) >= 11 is 1.36. The van der Waals surface area contributed by atoms with Crippen LogP contribution >= 0.6 is 11.3 Å². The van der Waals surface area contributed by atoms with Crippen LogP contribution in [0.15, 0.2) is 42.6 Å². The van der Waals surface area contributed by atoms with E-state index in [1.807, 2.05) is 31.2 Å². The van der Waals surface area contributed by atoms with Gasteiger partial charge in [-0.25, -0.2) is 14.2 Å². The zero-order chi connectivity index (χ0) is 24.3. The summed E-state index contributed by atoms with van der Waals surface area (Å²) in [6.45, 7) is 7.54. The second-order valence-corrected chi connectivity index (χ2v) is 8.55. The number of carboxylic acid groups (broad SMARTS) is 1. The smallest absolute Gasteiger partial charge is 0.335 e. The highest BCUT2D eigenvalue weighted by molar-refractivity contribution is 7.23. The number of rotatable bonds is 6. The lowest BCUT2D eigenvalue weighted by atomic mass is 9.98. The Hall–Kier alpha value is -3.26. The highest BCUT2D eigenvalue weighted by atomic mass is 32.1. The molecule has 0 bridgehead atoms. The molecule has 0 aliphatic heterocycles. The van der Waals surface area contributed by atoms with Crippen molar-refractivity contribution in [2.45, 2.75) is 46.6 Å². The maximum Gasteiger partial charge on any atom is 0.335 e. The van der Waals surface area contributed by atoms with Gasteiger partial charge in [-0.15, -0.1) is 0 Å². The monoisotopic (exact) mass is 469 g/mol. The number of thiazole rings is 1. The maximum absolute atomic E-state index is 15.1. The first kappa shape index (κ1) is 24.4. The number of halogens is 1. The van der Waals surface area contributed by atoms with E-state index >= 15 is 4.39 Å². The summed E-state index contributed by atoms with van der Waals surface area (Å²) in [6.07, 6.45) is 3.39. The average molecular weight is 470 g/mol. The Morgan fingerprint density at radius 3 is 2.55 bits per heavy atom. The summed E-state index contributed by atoms with van der Waals surface area (Å²) in [6, 6.07) is 9.77. The van der Waals surface area contributed by atoms with Crippen molar-refractivity contribution in [3.8, 4) is 11.3 Å². The lowest BCUT2D eigenvalue weighted by molar-refractivity contribution is -0.129. The first-order valence-electron chi connectivity index (χ1n) is 11.0. The molecule has 4 aromatic rings. The summed E-state index contributed by atoms with van der Waals surface area (Å²) in [5, 5.41) is 9.17. The minimum Gasteiger partial charge on any atom is -0.478 e. The minimum atomic E-state index is -0.979. The molecule has 1 amide bonds. The van der Waals surface area contributed by atoms with Crippen LogP contribution in [-0.2, 0) is 4.79 Å². The first-order chi connectivity index (χ1) is 15.8. The van der Waals surface area contributed by atoms with E-state index in [9.17, 15) is 14.7 Å². The Bertz CT molecular complexity index is 1310. The SMILES string of the molecule is CC.CCCC(c1ccc(-c2cn3c(n2)sc2cc(C(=O)O)ccc23)c(F)c1)N(C)C(C)=O. The van der Waals surface area contributed by atoms with E-state index in [-0.39, 0.29) is 17.5 Å². The Morgan fingerprint density at radius 2 is 1.94 bits per heavy atom. The number of fused-ring (bicyclic) bond motifs is 3. The lowest BCUT2D eigenvalue weighted by Gasteiger charge is -2.27. The minimum absolute atomic E-state index is 0.0600. The van der Waals surface area contributed by atoms with Gasteiger partial charge in [-0.05, 0) is 42.3 Å². The van der Waals surface area contributed by atoms with Crippen LogP contribution in [0.4, 0.5) is 4.39 Å². The van der Waals surface area contributed by atoms with Crippen LogP contribution in [0.5, 0.6) is 0 Å². The van der Waals surface area contributed by atoms with Crippen molar-refractivity contribution < 1.29 is 19.1 Å². The molecule has 2 aromatic carbocycles. The Balaban J connectivity index is 0.00000149. The zero-order valence-electron chi connectivity index (χ0n) is 19.4. The molecule has 4 rings (SSSR count). The molecule has 1 atom stereocenters. The second-order valence-electron chi connectivity index (χ2n) is 7.54. The molecule has 1 N–H and O–H groups in total. The number of carboxylic acids is 1. The fourth-order valence-electron chi connectivity index (χ4n) is 3.79. The molecule has 0 saturated carbocycles. The fourth-order valence-corrected chi connectivity index (χ4v) is 4.83. The van der Waals surface area contributed by atoms with E-state index in [0.29, 0.717) is 16.2 Å². The van der Waals surface area contributed by atoms with E-state index < -0.39 is 11.8 Å². The molecular weight excluding hydrogens is 441 g/mol. The first-order valence-corrected chi connectivity index (χ1v) is 11.8. The molecule has 174 valence electrons. The predicted molar refractivity (Wildman–Crippen MR) is 130 cm³/mol. The van der Waals surface area contributed by atoms with Gasteiger partial charge in [0.15, 0.2) is 4.96 Å². The van der Waals surface area contributed by atoms with Crippen LogP contribution in [0.25, 0.3) is 26.4 Å². The number of hydrogen-bond acceptors (Lipinski definition) is 4. The summed E-state index contributed by atoms with van der Waals surface area (Å²) < 4.78 is 17.7. The molecule has 0 radical (unpaired) electrons. The Labute approximate surface area is 196 Å². The highest BCUT2D eigenvalue weighted by Crippen LogP contribution is 2.33. The van der Waals surface area contributed by atoms with Crippen LogP contribution in [-0.4, -0.2) is 38.3 Å². The summed E-state index contributed by atoms with van der Waals surface area (Å²) in [7, 11) is 1.73. The van der Waals surface area contributed by atoms with E-state index in [1.54, 1.807) is 42.4 Å². The van der Waals surface area contributed by atoms with Crippen molar-refractivity contribution in [2.24, 2.45) is 0 Å². The van der Waals surface area contributed by atoms with Gasteiger partial charge in [0, 0.05) is 25.7 Å². The van der Waals surface area contributed by atoms with Gasteiger partial charge in [0.1, 0.15) is 5.82 Å². The Kier molecular flexibility index (Phi) is 7.48. The van der Waals surface area contributed by atoms with Gasteiger partial charge in [-0.1, -0.05) is 44.6 Å². The van der Waals surface area contributed by atoms with Crippen LogP contribution in [0.2, 0.25) is 0 Å². The van der Waals surface area contributed by atoms with Gasteiger partial charge in [0.25, 0.3) is 0 Å². The van der Waals surface area contributed by atoms with Gasteiger partial charge in [-0.3, -0.25) is 9.20 Å². The number of aromatic carboxylic acids is 1. The molecule has 0 aliphatic carbocycles. The van der Waals surface area contributed by atoms with Gasteiger partial charge in [0.05, 0.1) is 27.5 Å². The molecule has 0 saturated heterocycles. The number of hydrogen-bond donors (Lipinski definition) is 1. The average Bonchev–Trinajstić information content (AvgIpc) is 3.35. The third kappa shape index (κ3) is 4.75. The van der Waals surface area contributed by atoms with Crippen LogP contribution < -0.4 is 0 Å². The standard InChI is InChI=1S/C23H22FN3O3S.C2H6/c1-4-5-19(26(3)13(2)28)14-6-8-16(17(24)10-14)18-12-27-20-9-7-15(22(29)30)11-21(20)31-23(27)25-18;1-2/h6-12,19H,4-5H2,1-3H3,(H,29,30);1-2H3. The van der Waals surface area contributed by atoms with Crippen LogP contribution in [0, 0.1) is 5.82 Å². The molecule has 0 spiro atoms. The molecule has 33 heavy (non-hydrogen) atoms. The number of nitrogens with zero attached hydrogens (tertiary/aromatic N) is 3. The van der Waals surface area contributed by atoms with E-state index in [0.717, 1.165) is 28.6 Å². The maximum atomic E-state index is 15.1. The third-order valence-electron chi connectivity index (χ3n) is 5.52. The van der Waals surface area contributed by atoms with E-state index in [1.165, 1.54) is 24.3 Å². The molecular formula is C25H28FN3O3S. The molecule has 0 fully saturated rings. The molecule has 8 heteroatoms. The largest absolute Gasteiger partial charge is 0.478 e. The van der Waals surface area contributed by atoms with Crippen molar-refractivity contribution in [3.05, 3.63) is 59.5 Å².